The first-order valence-electron chi connectivity index (χ1n) is 8.64. The van der Waals surface area contributed by atoms with E-state index < -0.39 is 0 Å². The van der Waals surface area contributed by atoms with Crippen molar-refractivity contribution in [1.82, 2.24) is 25.2 Å². The third-order valence-electron chi connectivity index (χ3n) is 4.18. The molecule has 0 aliphatic rings. The summed E-state index contributed by atoms with van der Waals surface area (Å²) in [6, 6.07) is 14.7. The van der Waals surface area contributed by atoms with Crippen molar-refractivity contribution in [3.05, 3.63) is 59.1 Å². The summed E-state index contributed by atoms with van der Waals surface area (Å²) in [6.45, 7) is 2.69. The number of fused-ring (bicyclic) bond motifs is 1. The predicted molar refractivity (Wildman–Crippen MR) is 103 cm³/mol. The Balaban J connectivity index is 1.56. The van der Waals surface area contributed by atoms with E-state index >= 15 is 0 Å². The molecule has 3 aromatic rings. The Labute approximate surface area is 161 Å². The van der Waals surface area contributed by atoms with Gasteiger partial charge in [0.25, 0.3) is 0 Å². The van der Waals surface area contributed by atoms with Crippen LogP contribution in [-0.4, -0.2) is 44.8 Å². The molecule has 0 spiro atoms. The highest BCUT2D eigenvalue weighted by atomic mass is 35.5. The Kier molecular flexibility index (Phi) is 6.03. The van der Waals surface area contributed by atoms with Gasteiger partial charge in [-0.1, -0.05) is 41.1 Å². The standard InChI is InChI=1S/C19H20ClN5O2/c1-2-24(12-18(26)21-11-14-7-9-15(20)10-8-14)19(27)13-25-17-6-4-3-5-16(17)22-23-25/h3-10H,2,11-13H2,1H3,(H,21,26). The molecule has 3 rings (SSSR count). The Bertz CT molecular complexity index is 939. The number of rotatable bonds is 7. The lowest BCUT2D eigenvalue weighted by molar-refractivity contribution is -0.136. The molecule has 7 nitrogen and oxygen atoms in total. The van der Waals surface area contributed by atoms with Crippen molar-refractivity contribution in [3.63, 3.8) is 0 Å². The summed E-state index contributed by atoms with van der Waals surface area (Å²) in [5, 5.41) is 11.5. The minimum Gasteiger partial charge on any atom is -0.350 e. The molecule has 1 aromatic heterocycles. The lowest BCUT2D eigenvalue weighted by Crippen LogP contribution is -2.41. The van der Waals surface area contributed by atoms with Crippen LogP contribution in [0, 0.1) is 0 Å². The number of benzene rings is 2. The SMILES string of the molecule is CCN(CC(=O)NCc1ccc(Cl)cc1)C(=O)Cn1nnc2ccccc21. The van der Waals surface area contributed by atoms with Crippen molar-refractivity contribution in [2.75, 3.05) is 13.1 Å². The van der Waals surface area contributed by atoms with E-state index in [4.69, 9.17) is 11.6 Å². The second kappa shape index (κ2) is 8.64. The van der Waals surface area contributed by atoms with Crippen LogP contribution in [0.1, 0.15) is 12.5 Å². The molecule has 0 bridgehead atoms. The van der Waals surface area contributed by atoms with Gasteiger partial charge in [-0.05, 0) is 36.8 Å². The zero-order valence-electron chi connectivity index (χ0n) is 14.9. The monoisotopic (exact) mass is 385 g/mol. The number of hydrogen-bond acceptors (Lipinski definition) is 4. The van der Waals surface area contributed by atoms with Gasteiger partial charge in [-0.2, -0.15) is 0 Å². The summed E-state index contributed by atoms with van der Waals surface area (Å²) in [5.41, 5.74) is 2.46. The molecular formula is C19H20ClN5O2. The minimum absolute atomic E-state index is 0.00441. The Hall–Kier alpha value is -2.93. The first kappa shape index (κ1) is 18.8. The third kappa shape index (κ3) is 4.83. The fourth-order valence-electron chi connectivity index (χ4n) is 2.67. The van der Waals surface area contributed by atoms with E-state index in [2.05, 4.69) is 15.6 Å². The van der Waals surface area contributed by atoms with Crippen LogP contribution in [0.2, 0.25) is 5.02 Å². The van der Waals surface area contributed by atoms with Gasteiger partial charge in [0.2, 0.25) is 11.8 Å². The average molecular weight is 386 g/mol. The molecule has 1 N–H and O–H groups in total. The highest BCUT2D eigenvalue weighted by Crippen LogP contribution is 2.10. The van der Waals surface area contributed by atoms with Crippen LogP contribution in [0.5, 0.6) is 0 Å². The number of para-hydroxylation sites is 1. The van der Waals surface area contributed by atoms with E-state index in [0.717, 1.165) is 16.6 Å². The van der Waals surface area contributed by atoms with E-state index in [1.807, 2.05) is 43.3 Å². The van der Waals surface area contributed by atoms with Crippen molar-refractivity contribution >= 4 is 34.4 Å². The van der Waals surface area contributed by atoms with E-state index in [9.17, 15) is 9.59 Å². The maximum Gasteiger partial charge on any atom is 0.244 e. The van der Waals surface area contributed by atoms with Gasteiger partial charge in [0.05, 0.1) is 12.1 Å². The molecule has 0 atom stereocenters. The lowest BCUT2D eigenvalue weighted by atomic mass is 10.2. The van der Waals surface area contributed by atoms with Crippen LogP contribution < -0.4 is 5.32 Å². The Morgan fingerprint density at radius 1 is 1.15 bits per heavy atom. The third-order valence-corrected chi connectivity index (χ3v) is 4.43. The summed E-state index contributed by atoms with van der Waals surface area (Å²) < 4.78 is 1.55. The number of hydrogen-bond donors (Lipinski definition) is 1. The molecule has 0 saturated carbocycles. The highest BCUT2D eigenvalue weighted by Gasteiger charge is 2.17. The quantitative estimate of drug-likeness (QED) is 0.676. The average Bonchev–Trinajstić information content (AvgIpc) is 3.08. The number of likely N-dealkylation sites (N-methyl/N-ethyl adjacent to an activating group) is 1. The van der Waals surface area contributed by atoms with Crippen molar-refractivity contribution in [3.8, 4) is 0 Å². The van der Waals surface area contributed by atoms with Gasteiger partial charge in [0.15, 0.2) is 0 Å². The van der Waals surface area contributed by atoms with Crippen molar-refractivity contribution in [2.45, 2.75) is 20.0 Å². The number of aromatic nitrogens is 3. The highest BCUT2D eigenvalue weighted by molar-refractivity contribution is 6.30. The molecule has 2 amide bonds. The zero-order valence-corrected chi connectivity index (χ0v) is 15.7. The van der Waals surface area contributed by atoms with E-state index in [1.54, 1.807) is 16.8 Å². The first-order chi connectivity index (χ1) is 13.1. The molecular weight excluding hydrogens is 366 g/mol. The van der Waals surface area contributed by atoms with Crippen LogP contribution >= 0.6 is 11.6 Å². The van der Waals surface area contributed by atoms with Crippen molar-refractivity contribution in [1.29, 1.82) is 0 Å². The van der Waals surface area contributed by atoms with E-state index in [0.29, 0.717) is 18.1 Å². The zero-order chi connectivity index (χ0) is 19.2. The van der Waals surface area contributed by atoms with Crippen LogP contribution in [0.3, 0.4) is 0 Å². The number of carbonyl (C=O) groups excluding carboxylic acids is 2. The minimum atomic E-state index is -0.219. The second-order valence-electron chi connectivity index (χ2n) is 6.05. The molecule has 0 aliphatic carbocycles. The van der Waals surface area contributed by atoms with Gasteiger partial charge in [0.1, 0.15) is 12.1 Å². The molecule has 0 saturated heterocycles. The Morgan fingerprint density at radius 3 is 2.63 bits per heavy atom. The van der Waals surface area contributed by atoms with Crippen molar-refractivity contribution in [2.24, 2.45) is 0 Å². The van der Waals surface area contributed by atoms with Gasteiger partial charge < -0.3 is 10.2 Å². The number of nitrogens with zero attached hydrogens (tertiary/aromatic N) is 4. The summed E-state index contributed by atoms with van der Waals surface area (Å²) in [6.07, 6.45) is 0. The molecule has 0 unspecified atom stereocenters. The number of amides is 2. The van der Waals surface area contributed by atoms with Gasteiger partial charge in [0, 0.05) is 18.1 Å². The summed E-state index contributed by atoms with van der Waals surface area (Å²) in [7, 11) is 0. The summed E-state index contributed by atoms with van der Waals surface area (Å²) in [4.78, 5) is 26.3. The fourth-order valence-corrected chi connectivity index (χ4v) is 2.80. The van der Waals surface area contributed by atoms with Gasteiger partial charge in [-0.15, -0.1) is 5.10 Å². The van der Waals surface area contributed by atoms with Crippen LogP contribution in [0.15, 0.2) is 48.5 Å². The maximum absolute atomic E-state index is 12.6. The molecule has 27 heavy (non-hydrogen) atoms. The molecule has 140 valence electrons. The summed E-state index contributed by atoms with van der Waals surface area (Å²) in [5.74, 6) is -0.404. The molecule has 0 radical (unpaired) electrons. The second-order valence-corrected chi connectivity index (χ2v) is 6.48. The van der Waals surface area contributed by atoms with Crippen molar-refractivity contribution < 1.29 is 9.59 Å². The number of carbonyl (C=O) groups is 2. The molecule has 2 aromatic carbocycles. The predicted octanol–water partition coefficient (Wildman–Crippen LogP) is 2.25. The van der Waals surface area contributed by atoms with E-state index in [-0.39, 0.29) is 24.9 Å². The smallest absolute Gasteiger partial charge is 0.244 e. The maximum atomic E-state index is 12.6. The van der Waals surface area contributed by atoms with Gasteiger partial charge >= 0.3 is 0 Å². The fraction of sp³-hybridized carbons (Fsp3) is 0.263. The summed E-state index contributed by atoms with van der Waals surface area (Å²) >= 11 is 5.85. The van der Waals surface area contributed by atoms with Gasteiger partial charge in [-0.3, -0.25) is 9.59 Å². The topological polar surface area (TPSA) is 80.1 Å². The van der Waals surface area contributed by atoms with Crippen LogP contribution in [0.4, 0.5) is 0 Å². The number of halogens is 1. The lowest BCUT2D eigenvalue weighted by Gasteiger charge is -2.20. The van der Waals surface area contributed by atoms with Crippen LogP contribution in [-0.2, 0) is 22.7 Å². The van der Waals surface area contributed by atoms with E-state index in [1.165, 1.54) is 4.90 Å². The molecule has 0 fully saturated rings. The molecule has 1 heterocycles. The van der Waals surface area contributed by atoms with Crippen LogP contribution in [0.25, 0.3) is 11.0 Å². The number of nitrogens with one attached hydrogen (secondary N) is 1. The normalized spacial score (nSPS) is 10.7. The first-order valence-corrected chi connectivity index (χ1v) is 9.01. The largest absolute Gasteiger partial charge is 0.350 e. The van der Waals surface area contributed by atoms with Gasteiger partial charge in [-0.25, -0.2) is 4.68 Å². The Morgan fingerprint density at radius 2 is 1.89 bits per heavy atom. The molecule has 8 heteroatoms. The molecule has 0 aliphatic heterocycles.